The van der Waals surface area contributed by atoms with Crippen molar-refractivity contribution in [2.24, 2.45) is 11.7 Å². The van der Waals surface area contributed by atoms with Crippen LogP contribution in [0.5, 0.6) is 0 Å². The van der Waals surface area contributed by atoms with Crippen LogP contribution in [0.2, 0.25) is 0 Å². The smallest absolute Gasteiger partial charge is 0.0318 e. The molecule has 1 atom stereocenters. The Hall–Kier alpha value is -0.820. The molecule has 0 radical (unpaired) electrons. The van der Waals surface area contributed by atoms with Gasteiger partial charge in [-0.3, -0.25) is 0 Å². The van der Waals surface area contributed by atoms with Crippen LogP contribution in [-0.4, -0.2) is 0 Å². The van der Waals surface area contributed by atoms with E-state index in [2.05, 4.69) is 45.9 Å². The fraction of sp³-hybridized carbons (Fsp3) is 0.500. The average molecular weight is 177 g/mol. The minimum atomic E-state index is 0.166. The van der Waals surface area contributed by atoms with Crippen molar-refractivity contribution in [1.29, 1.82) is 0 Å². The maximum absolute atomic E-state index is 6.06. The van der Waals surface area contributed by atoms with Gasteiger partial charge in [0.25, 0.3) is 0 Å². The molecule has 0 amide bonds. The lowest BCUT2D eigenvalue weighted by Crippen LogP contribution is -2.16. The standard InChI is InChI=1S/C12H19N/c1-8(2)12(13)11-6-5-9(3)10(4)7-11/h5-8,12H,13H2,1-4H3. The first-order chi connectivity index (χ1) is 6.02. The van der Waals surface area contributed by atoms with Crippen molar-refractivity contribution in [2.75, 3.05) is 0 Å². The molecule has 0 fully saturated rings. The van der Waals surface area contributed by atoms with E-state index in [4.69, 9.17) is 5.73 Å². The zero-order valence-corrected chi connectivity index (χ0v) is 8.96. The highest BCUT2D eigenvalue weighted by Crippen LogP contribution is 2.20. The third kappa shape index (κ3) is 2.31. The molecule has 72 valence electrons. The monoisotopic (exact) mass is 177 g/mol. The molecular formula is C12H19N. The minimum Gasteiger partial charge on any atom is -0.324 e. The first kappa shape index (κ1) is 10.3. The molecule has 0 heterocycles. The summed E-state index contributed by atoms with van der Waals surface area (Å²) in [5.74, 6) is 0.502. The Labute approximate surface area is 81.0 Å². The zero-order chi connectivity index (χ0) is 10.0. The fourth-order valence-electron chi connectivity index (χ4n) is 1.36. The van der Waals surface area contributed by atoms with Gasteiger partial charge in [0.05, 0.1) is 0 Å². The SMILES string of the molecule is Cc1ccc(C(N)C(C)C)cc1C. The summed E-state index contributed by atoms with van der Waals surface area (Å²) in [6.07, 6.45) is 0. The Bertz CT molecular complexity index is 289. The van der Waals surface area contributed by atoms with Gasteiger partial charge in [0, 0.05) is 6.04 Å². The highest BCUT2D eigenvalue weighted by Gasteiger charge is 2.10. The van der Waals surface area contributed by atoms with Crippen molar-refractivity contribution in [2.45, 2.75) is 33.7 Å². The number of rotatable bonds is 2. The lowest BCUT2D eigenvalue weighted by atomic mass is 9.94. The Balaban J connectivity index is 2.97. The molecule has 1 aromatic carbocycles. The first-order valence-electron chi connectivity index (χ1n) is 4.85. The Morgan fingerprint density at radius 2 is 1.69 bits per heavy atom. The number of nitrogens with two attached hydrogens (primary N) is 1. The van der Waals surface area contributed by atoms with Crippen molar-refractivity contribution >= 4 is 0 Å². The van der Waals surface area contributed by atoms with Gasteiger partial charge in [-0.1, -0.05) is 32.0 Å². The van der Waals surface area contributed by atoms with Gasteiger partial charge in [-0.2, -0.15) is 0 Å². The largest absolute Gasteiger partial charge is 0.324 e. The van der Waals surface area contributed by atoms with E-state index in [9.17, 15) is 0 Å². The predicted molar refractivity (Wildman–Crippen MR) is 57.7 cm³/mol. The van der Waals surface area contributed by atoms with Crippen molar-refractivity contribution in [3.05, 3.63) is 34.9 Å². The van der Waals surface area contributed by atoms with E-state index in [1.807, 2.05) is 0 Å². The van der Waals surface area contributed by atoms with E-state index in [0.717, 1.165) is 0 Å². The molecule has 1 nitrogen and oxygen atoms in total. The van der Waals surface area contributed by atoms with Crippen molar-refractivity contribution in [3.63, 3.8) is 0 Å². The summed E-state index contributed by atoms with van der Waals surface area (Å²) < 4.78 is 0. The molecule has 13 heavy (non-hydrogen) atoms. The summed E-state index contributed by atoms with van der Waals surface area (Å²) >= 11 is 0. The van der Waals surface area contributed by atoms with E-state index in [1.54, 1.807) is 0 Å². The number of aryl methyl sites for hydroxylation is 2. The molecule has 0 aliphatic rings. The molecule has 1 heteroatoms. The number of hydrogen-bond donors (Lipinski definition) is 1. The molecule has 0 spiro atoms. The molecule has 2 N–H and O–H groups in total. The van der Waals surface area contributed by atoms with Crippen LogP contribution in [0.25, 0.3) is 0 Å². The molecule has 0 bridgehead atoms. The summed E-state index contributed by atoms with van der Waals surface area (Å²) in [5, 5.41) is 0. The highest BCUT2D eigenvalue weighted by atomic mass is 14.6. The second-order valence-electron chi connectivity index (χ2n) is 4.11. The topological polar surface area (TPSA) is 26.0 Å². The molecule has 0 aliphatic heterocycles. The number of benzene rings is 1. The van der Waals surface area contributed by atoms with E-state index < -0.39 is 0 Å². The second-order valence-corrected chi connectivity index (χ2v) is 4.11. The highest BCUT2D eigenvalue weighted by molar-refractivity contribution is 5.31. The molecule has 0 saturated heterocycles. The quantitative estimate of drug-likeness (QED) is 0.738. The first-order valence-corrected chi connectivity index (χ1v) is 4.85. The van der Waals surface area contributed by atoms with E-state index in [1.165, 1.54) is 16.7 Å². The van der Waals surface area contributed by atoms with Gasteiger partial charge in [0.1, 0.15) is 0 Å². The van der Waals surface area contributed by atoms with Crippen LogP contribution in [0.15, 0.2) is 18.2 Å². The fourth-order valence-corrected chi connectivity index (χ4v) is 1.36. The summed E-state index contributed by atoms with van der Waals surface area (Å²) in [5.41, 5.74) is 9.97. The van der Waals surface area contributed by atoms with E-state index >= 15 is 0 Å². The summed E-state index contributed by atoms with van der Waals surface area (Å²) in [4.78, 5) is 0. The third-order valence-electron chi connectivity index (χ3n) is 2.63. The van der Waals surface area contributed by atoms with E-state index in [0.29, 0.717) is 5.92 Å². The van der Waals surface area contributed by atoms with Crippen molar-refractivity contribution < 1.29 is 0 Å². The second kappa shape index (κ2) is 3.93. The summed E-state index contributed by atoms with van der Waals surface area (Å²) in [6, 6.07) is 6.64. The Kier molecular flexibility index (Phi) is 3.10. The zero-order valence-electron chi connectivity index (χ0n) is 8.96. The molecule has 0 aromatic heterocycles. The average Bonchev–Trinajstić information content (AvgIpc) is 2.08. The predicted octanol–water partition coefficient (Wildman–Crippen LogP) is 2.96. The molecule has 0 aliphatic carbocycles. The third-order valence-corrected chi connectivity index (χ3v) is 2.63. The van der Waals surface area contributed by atoms with Crippen LogP contribution in [0.1, 0.15) is 36.6 Å². The maximum atomic E-state index is 6.06. The van der Waals surface area contributed by atoms with Crippen LogP contribution in [0.3, 0.4) is 0 Å². The van der Waals surface area contributed by atoms with Crippen molar-refractivity contribution in [3.8, 4) is 0 Å². The van der Waals surface area contributed by atoms with Crippen LogP contribution in [-0.2, 0) is 0 Å². The molecule has 1 unspecified atom stereocenters. The lowest BCUT2D eigenvalue weighted by molar-refractivity contribution is 0.514. The van der Waals surface area contributed by atoms with Gasteiger partial charge in [0.2, 0.25) is 0 Å². The van der Waals surface area contributed by atoms with Crippen molar-refractivity contribution in [1.82, 2.24) is 0 Å². The van der Waals surface area contributed by atoms with Gasteiger partial charge in [0.15, 0.2) is 0 Å². The molecule has 0 saturated carbocycles. The molecular weight excluding hydrogens is 158 g/mol. The van der Waals surface area contributed by atoms with Crippen LogP contribution < -0.4 is 5.73 Å². The molecule has 1 aromatic rings. The van der Waals surface area contributed by atoms with Crippen LogP contribution >= 0.6 is 0 Å². The summed E-state index contributed by atoms with van der Waals surface area (Å²) in [6.45, 7) is 8.56. The Morgan fingerprint density at radius 3 is 2.15 bits per heavy atom. The van der Waals surface area contributed by atoms with Gasteiger partial charge < -0.3 is 5.73 Å². The van der Waals surface area contributed by atoms with Gasteiger partial charge in [-0.05, 0) is 36.5 Å². The van der Waals surface area contributed by atoms with Crippen LogP contribution in [0.4, 0.5) is 0 Å². The molecule has 1 rings (SSSR count). The van der Waals surface area contributed by atoms with Gasteiger partial charge >= 0.3 is 0 Å². The van der Waals surface area contributed by atoms with E-state index in [-0.39, 0.29) is 6.04 Å². The maximum Gasteiger partial charge on any atom is 0.0318 e. The van der Waals surface area contributed by atoms with Gasteiger partial charge in [-0.25, -0.2) is 0 Å². The normalized spacial score (nSPS) is 13.4. The minimum absolute atomic E-state index is 0.166. The Morgan fingerprint density at radius 1 is 1.08 bits per heavy atom. The van der Waals surface area contributed by atoms with Crippen LogP contribution in [0, 0.1) is 19.8 Å². The number of hydrogen-bond acceptors (Lipinski definition) is 1. The van der Waals surface area contributed by atoms with Gasteiger partial charge in [-0.15, -0.1) is 0 Å². The lowest BCUT2D eigenvalue weighted by Gasteiger charge is -2.17. The summed E-state index contributed by atoms with van der Waals surface area (Å²) in [7, 11) is 0.